The molecule has 0 aromatic rings. The van der Waals surface area contributed by atoms with Crippen molar-refractivity contribution in [2.75, 3.05) is 25.2 Å². The fourth-order valence-corrected chi connectivity index (χ4v) is 7.81. The minimum atomic E-state index is -1.86. The first-order valence-corrected chi connectivity index (χ1v) is 12.3. The van der Waals surface area contributed by atoms with Gasteiger partial charge in [-0.25, -0.2) is 0 Å². The molecule has 0 N–H and O–H groups in total. The number of rotatable bonds is 12. The molecule has 18 heavy (non-hydrogen) atoms. The molecule has 0 rings (SSSR count). The first-order valence-electron chi connectivity index (χ1n) is 8.19. The molecule has 0 aliphatic carbocycles. The van der Waals surface area contributed by atoms with Gasteiger partial charge in [-0.1, -0.05) is 0 Å². The van der Waals surface area contributed by atoms with Gasteiger partial charge in [-0.15, -0.1) is 0 Å². The standard InChI is InChI=1S/C16H36ClP/c1-5-8-11-14-18(4,17,15-12-9-6-2)16-13-10-7-3/h5-16H2,1-4H3. The van der Waals surface area contributed by atoms with Gasteiger partial charge in [0.05, 0.1) is 0 Å². The molecular formula is C16H36ClP. The normalized spacial score (nSPS) is 14.4. The topological polar surface area (TPSA) is 0 Å². The van der Waals surface area contributed by atoms with Crippen molar-refractivity contribution in [2.45, 2.75) is 78.6 Å². The average Bonchev–Trinajstić information content (AvgIpc) is 2.30. The SMILES string of the molecule is CCCCCP(C)(Cl)(CCCCC)CCCCC. The Bertz CT molecular complexity index is 168. The van der Waals surface area contributed by atoms with Crippen LogP contribution in [0.25, 0.3) is 0 Å². The van der Waals surface area contributed by atoms with Crippen molar-refractivity contribution in [2.24, 2.45) is 0 Å². The van der Waals surface area contributed by atoms with Gasteiger partial charge in [0.15, 0.2) is 0 Å². The molecule has 0 nitrogen and oxygen atoms in total. The van der Waals surface area contributed by atoms with Crippen LogP contribution in [-0.2, 0) is 0 Å². The Morgan fingerprint density at radius 1 is 0.611 bits per heavy atom. The summed E-state index contributed by atoms with van der Waals surface area (Å²) in [4.78, 5) is 0. The molecule has 0 saturated carbocycles. The molecule has 0 amide bonds. The molecule has 0 aromatic heterocycles. The van der Waals surface area contributed by atoms with Gasteiger partial charge in [-0.2, -0.15) is 0 Å². The monoisotopic (exact) mass is 294 g/mol. The van der Waals surface area contributed by atoms with Crippen molar-refractivity contribution in [3.05, 3.63) is 0 Å². The second kappa shape index (κ2) is 9.60. The molecule has 0 spiro atoms. The molecule has 0 heterocycles. The summed E-state index contributed by atoms with van der Waals surface area (Å²) in [5, 5.41) is 0. The van der Waals surface area contributed by atoms with Crippen LogP contribution in [-0.4, -0.2) is 25.2 Å². The van der Waals surface area contributed by atoms with Gasteiger partial charge in [0, 0.05) is 0 Å². The molecule has 0 bridgehead atoms. The molecule has 0 unspecified atom stereocenters. The van der Waals surface area contributed by atoms with Crippen LogP contribution in [0.15, 0.2) is 0 Å². The summed E-state index contributed by atoms with van der Waals surface area (Å²) < 4.78 is 0. The molecule has 0 radical (unpaired) electrons. The third kappa shape index (κ3) is 8.76. The Labute approximate surface area is 121 Å². The predicted molar refractivity (Wildman–Crippen MR) is 91.9 cm³/mol. The zero-order chi connectivity index (χ0) is 13.9. The predicted octanol–water partition coefficient (Wildman–Crippen LogP) is 6.89. The summed E-state index contributed by atoms with van der Waals surface area (Å²) in [5.74, 6) is -1.86. The molecule has 0 aliphatic rings. The summed E-state index contributed by atoms with van der Waals surface area (Å²) in [5.41, 5.74) is 0. The van der Waals surface area contributed by atoms with E-state index < -0.39 is 5.96 Å². The fraction of sp³-hybridized carbons (Fsp3) is 1.00. The Balaban J connectivity index is 4.33. The first kappa shape index (κ1) is 18.7. The van der Waals surface area contributed by atoms with Gasteiger partial charge in [-0.3, -0.25) is 0 Å². The van der Waals surface area contributed by atoms with E-state index in [9.17, 15) is 0 Å². The minimum absolute atomic E-state index is 1.31. The Kier molecular flexibility index (Phi) is 9.98. The zero-order valence-electron chi connectivity index (χ0n) is 13.3. The third-order valence-corrected chi connectivity index (χ3v) is 10.4. The second-order valence-corrected chi connectivity index (χ2v) is 15.2. The van der Waals surface area contributed by atoms with Gasteiger partial charge in [0.2, 0.25) is 0 Å². The van der Waals surface area contributed by atoms with Crippen molar-refractivity contribution in [1.29, 1.82) is 0 Å². The van der Waals surface area contributed by atoms with Crippen molar-refractivity contribution < 1.29 is 0 Å². The molecule has 112 valence electrons. The summed E-state index contributed by atoms with van der Waals surface area (Å²) in [6, 6.07) is 0. The van der Waals surface area contributed by atoms with E-state index in [1.54, 1.807) is 0 Å². The van der Waals surface area contributed by atoms with E-state index in [2.05, 4.69) is 27.4 Å². The van der Waals surface area contributed by atoms with Crippen LogP contribution in [0.4, 0.5) is 0 Å². The van der Waals surface area contributed by atoms with Gasteiger partial charge in [0.25, 0.3) is 0 Å². The van der Waals surface area contributed by atoms with E-state index in [0.717, 1.165) is 0 Å². The number of unbranched alkanes of at least 4 members (excludes halogenated alkanes) is 6. The maximum atomic E-state index is 7.23. The van der Waals surface area contributed by atoms with E-state index in [-0.39, 0.29) is 0 Å². The second-order valence-electron chi connectivity index (χ2n) is 6.44. The fourth-order valence-electron chi connectivity index (χ4n) is 2.75. The third-order valence-electron chi connectivity index (χ3n) is 4.16. The van der Waals surface area contributed by atoms with Crippen LogP contribution in [0.3, 0.4) is 0 Å². The van der Waals surface area contributed by atoms with Gasteiger partial charge < -0.3 is 0 Å². The van der Waals surface area contributed by atoms with E-state index in [4.69, 9.17) is 11.2 Å². The van der Waals surface area contributed by atoms with Crippen LogP contribution in [0.1, 0.15) is 78.6 Å². The molecule has 0 saturated heterocycles. The zero-order valence-corrected chi connectivity index (χ0v) is 15.0. The van der Waals surface area contributed by atoms with Crippen LogP contribution in [0.2, 0.25) is 0 Å². The number of hydrogen-bond acceptors (Lipinski definition) is 0. The maximum absolute atomic E-state index is 7.23. The van der Waals surface area contributed by atoms with Crippen molar-refractivity contribution >= 4 is 17.2 Å². The van der Waals surface area contributed by atoms with Crippen molar-refractivity contribution in [1.82, 2.24) is 0 Å². The Hall–Kier alpha value is 0.720. The van der Waals surface area contributed by atoms with Crippen LogP contribution in [0, 0.1) is 0 Å². The molecular weight excluding hydrogens is 259 g/mol. The molecule has 2 heteroatoms. The van der Waals surface area contributed by atoms with Crippen LogP contribution >= 0.6 is 17.2 Å². The van der Waals surface area contributed by atoms with Crippen molar-refractivity contribution in [3.8, 4) is 0 Å². The van der Waals surface area contributed by atoms with Gasteiger partial charge >= 0.3 is 121 Å². The Morgan fingerprint density at radius 3 is 1.11 bits per heavy atom. The van der Waals surface area contributed by atoms with Crippen LogP contribution in [0.5, 0.6) is 0 Å². The average molecular weight is 295 g/mol. The first-order chi connectivity index (χ1) is 8.46. The molecule has 0 aliphatic heterocycles. The molecule has 0 atom stereocenters. The summed E-state index contributed by atoms with van der Waals surface area (Å²) in [6.45, 7) is 9.32. The van der Waals surface area contributed by atoms with E-state index >= 15 is 0 Å². The van der Waals surface area contributed by atoms with Gasteiger partial charge in [0.1, 0.15) is 0 Å². The van der Waals surface area contributed by atoms with Crippen LogP contribution < -0.4 is 0 Å². The Morgan fingerprint density at radius 2 is 0.889 bits per heavy atom. The number of hydrogen-bond donors (Lipinski definition) is 0. The molecule has 0 aromatic carbocycles. The summed E-state index contributed by atoms with van der Waals surface area (Å²) in [7, 11) is 0. The number of halogens is 1. The van der Waals surface area contributed by atoms with E-state index in [0.29, 0.717) is 0 Å². The van der Waals surface area contributed by atoms with E-state index in [1.165, 1.54) is 76.3 Å². The summed E-state index contributed by atoms with van der Waals surface area (Å²) >= 11 is 7.23. The molecule has 0 fully saturated rings. The summed E-state index contributed by atoms with van der Waals surface area (Å²) in [6.07, 6.45) is 16.1. The van der Waals surface area contributed by atoms with E-state index in [1.807, 2.05) is 0 Å². The quantitative estimate of drug-likeness (QED) is 0.271. The van der Waals surface area contributed by atoms with Gasteiger partial charge in [-0.05, 0) is 0 Å². The van der Waals surface area contributed by atoms with Crippen molar-refractivity contribution in [3.63, 3.8) is 0 Å².